The molecular weight excluding hydrogens is 524 g/mol. The minimum atomic E-state index is -2.54. The van der Waals surface area contributed by atoms with E-state index in [9.17, 15) is 0 Å². The Morgan fingerprint density at radius 2 is 0.708 bits per heavy atom. The molecule has 24 heavy (non-hydrogen) atoms. The molecule has 0 atom stereocenters. The fourth-order valence-corrected chi connectivity index (χ4v) is 13.5. The molecule has 2 aliphatic rings. The summed E-state index contributed by atoms with van der Waals surface area (Å²) in [6, 6.07) is 24.0. The van der Waals surface area contributed by atoms with Crippen molar-refractivity contribution >= 4 is 49.1 Å². The van der Waals surface area contributed by atoms with Crippen LogP contribution < -0.4 is 19.1 Å². The molecule has 3 aromatic rings. The second-order valence-corrected chi connectivity index (χ2v) is 13.0. The van der Waals surface area contributed by atoms with E-state index < -0.39 is 42.1 Å². The van der Waals surface area contributed by atoms with Gasteiger partial charge in [0.25, 0.3) is 0 Å². The number of hydrogen-bond donors (Lipinski definition) is 0. The van der Waals surface area contributed by atoms with Gasteiger partial charge in [-0.05, 0) is 0 Å². The first-order valence-corrected chi connectivity index (χ1v) is 14.2. The van der Waals surface area contributed by atoms with Crippen molar-refractivity contribution in [3.05, 3.63) is 72.8 Å². The predicted octanol–water partition coefficient (Wildman–Crippen LogP) is 2.02. The van der Waals surface area contributed by atoms with Crippen molar-refractivity contribution in [3.63, 3.8) is 0 Å². The van der Waals surface area contributed by atoms with E-state index in [0.29, 0.717) is 0 Å². The standard InChI is InChI=1S/2C6H6O2.C6H4.2Sb/c2*7-5-3-1-2-4-6(5)8;1-2-4-6-5-3-1;;/h2*1-4,7-8H;1-4H;;/q;;;2*+2/p-4. The zero-order chi connectivity index (χ0) is 15.9. The summed E-state index contributed by atoms with van der Waals surface area (Å²) in [6.07, 6.45) is 0. The van der Waals surface area contributed by atoms with E-state index in [-0.39, 0.29) is 0 Å². The Kier molecular flexibility index (Phi) is 3.76. The molecule has 0 fully saturated rings. The van der Waals surface area contributed by atoms with Crippen molar-refractivity contribution < 1.29 is 12.1 Å². The normalized spacial score (nSPS) is 15.7. The van der Waals surface area contributed by atoms with Gasteiger partial charge < -0.3 is 0 Å². The molecule has 2 heterocycles. The number of fused-ring (bicyclic) bond motifs is 2. The van der Waals surface area contributed by atoms with E-state index in [0.717, 1.165) is 30.0 Å². The molecule has 0 bridgehead atoms. The van der Waals surface area contributed by atoms with Crippen LogP contribution in [0.2, 0.25) is 0 Å². The van der Waals surface area contributed by atoms with Gasteiger partial charge in [-0.3, -0.25) is 0 Å². The number of benzene rings is 3. The van der Waals surface area contributed by atoms with E-state index >= 15 is 0 Å². The van der Waals surface area contributed by atoms with Crippen molar-refractivity contribution in [1.29, 1.82) is 0 Å². The zero-order valence-electron chi connectivity index (χ0n) is 12.5. The fourth-order valence-electron chi connectivity index (χ4n) is 2.57. The molecule has 0 unspecified atom stereocenters. The molecule has 4 nitrogen and oxygen atoms in total. The molecule has 0 radical (unpaired) electrons. The minimum absolute atomic E-state index is 0.846. The van der Waals surface area contributed by atoms with Crippen LogP contribution in [0.5, 0.6) is 23.0 Å². The molecule has 0 aliphatic carbocycles. The fraction of sp³-hybridized carbons (Fsp3) is 0. The summed E-state index contributed by atoms with van der Waals surface area (Å²) in [5.74, 6) is 3.38. The summed E-state index contributed by atoms with van der Waals surface area (Å²) in [4.78, 5) is 0. The van der Waals surface area contributed by atoms with E-state index in [2.05, 4.69) is 12.1 Å². The first-order valence-electron chi connectivity index (χ1n) is 7.48. The SMILES string of the molecule is c1ccc2c(c1)[O][Sb]([c]1cccc[c]1[Sb]1[O]c3ccccc3[O]1)[O]2. The second kappa shape index (κ2) is 6.09. The summed E-state index contributed by atoms with van der Waals surface area (Å²) in [5, 5.41) is 0. The molecule has 2 aliphatic heterocycles. The molecule has 0 N–H and O–H groups in total. The zero-order valence-corrected chi connectivity index (χ0v) is 17.6. The quantitative estimate of drug-likeness (QED) is 0.471. The molecule has 0 amide bonds. The van der Waals surface area contributed by atoms with Gasteiger partial charge in [0, 0.05) is 0 Å². The molecule has 0 aromatic heterocycles. The summed E-state index contributed by atoms with van der Waals surface area (Å²) in [7, 11) is 0. The summed E-state index contributed by atoms with van der Waals surface area (Å²) in [5.41, 5.74) is 0. The van der Waals surface area contributed by atoms with Crippen molar-refractivity contribution in [1.82, 2.24) is 0 Å². The van der Waals surface area contributed by atoms with Crippen LogP contribution in [0.25, 0.3) is 0 Å². The molecule has 0 saturated heterocycles. The van der Waals surface area contributed by atoms with Gasteiger partial charge in [0.1, 0.15) is 0 Å². The van der Waals surface area contributed by atoms with Crippen LogP contribution in [0.15, 0.2) is 72.8 Å². The molecular formula is C18H12O4Sb2. The van der Waals surface area contributed by atoms with Crippen molar-refractivity contribution in [2.24, 2.45) is 0 Å². The molecule has 3 aromatic carbocycles. The Morgan fingerprint density at radius 1 is 0.417 bits per heavy atom. The topological polar surface area (TPSA) is 36.9 Å². The van der Waals surface area contributed by atoms with Crippen LogP contribution in [0.1, 0.15) is 0 Å². The van der Waals surface area contributed by atoms with Crippen molar-refractivity contribution in [2.45, 2.75) is 0 Å². The Labute approximate surface area is 156 Å². The van der Waals surface area contributed by atoms with Gasteiger partial charge in [-0.2, -0.15) is 0 Å². The Balaban J connectivity index is 1.48. The van der Waals surface area contributed by atoms with Gasteiger partial charge in [-0.1, -0.05) is 0 Å². The van der Waals surface area contributed by atoms with Gasteiger partial charge in [0.05, 0.1) is 0 Å². The van der Waals surface area contributed by atoms with E-state index in [1.807, 2.05) is 60.7 Å². The second-order valence-electron chi connectivity index (χ2n) is 5.26. The average Bonchev–Trinajstić information content (AvgIpc) is 3.25. The third kappa shape index (κ3) is 2.53. The van der Waals surface area contributed by atoms with Gasteiger partial charge in [-0.15, -0.1) is 0 Å². The Morgan fingerprint density at radius 3 is 1.04 bits per heavy atom. The summed E-state index contributed by atoms with van der Waals surface area (Å²) in [6.45, 7) is 0. The number of rotatable bonds is 2. The Bertz CT molecular complexity index is 790. The third-order valence-electron chi connectivity index (χ3n) is 3.70. The van der Waals surface area contributed by atoms with Crippen molar-refractivity contribution in [3.8, 4) is 23.0 Å². The van der Waals surface area contributed by atoms with Gasteiger partial charge in [0.2, 0.25) is 0 Å². The molecule has 5 rings (SSSR count). The molecule has 0 saturated carbocycles. The Hall–Kier alpha value is -1.50. The average molecular weight is 536 g/mol. The first-order chi connectivity index (χ1) is 11.9. The van der Waals surface area contributed by atoms with Gasteiger partial charge in [0.15, 0.2) is 0 Å². The molecule has 118 valence electrons. The van der Waals surface area contributed by atoms with E-state index in [1.54, 1.807) is 0 Å². The van der Waals surface area contributed by atoms with Crippen LogP contribution >= 0.6 is 0 Å². The van der Waals surface area contributed by atoms with Crippen molar-refractivity contribution in [2.75, 3.05) is 0 Å². The van der Waals surface area contributed by atoms with Crippen LogP contribution in [0, 0.1) is 0 Å². The van der Waals surface area contributed by atoms with Gasteiger partial charge in [-0.25, -0.2) is 0 Å². The van der Waals surface area contributed by atoms with Gasteiger partial charge >= 0.3 is 157 Å². The van der Waals surface area contributed by atoms with Crippen LogP contribution in [-0.4, -0.2) is 42.1 Å². The van der Waals surface area contributed by atoms with E-state index in [4.69, 9.17) is 12.1 Å². The molecule has 0 spiro atoms. The number of hydrogen-bond acceptors (Lipinski definition) is 4. The summed E-state index contributed by atoms with van der Waals surface area (Å²) >= 11 is -5.08. The van der Waals surface area contributed by atoms with E-state index in [1.165, 1.54) is 0 Å². The predicted molar refractivity (Wildman–Crippen MR) is 92.6 cm³/mol. The van der Waals surface area contributed by atoms with Crippen LogP contribution in [0.3, 0.4) is 0 Å². The maximum atomic E-state index is 6.15. The third-order valence-corrected chi connectivity index (χ3v) is 13.9. The van der Waals surface area contributed by atoms with Crippen LogP contribution in [-0.2, 0) is 0 Å². The number of para-hydroxylation sites is 4. The maximum absolute atomic E-state index is 6.15. The first kappa shape index (κ1) is 14.8. The molecule has 6 heteroatoms. The monoisotopic (exact) mass is 534 g/mol. The summed E-state index contributed by atoms with van der Waals surface area (Å²) < 4.78 is 26.9. The van der Waals surface area contributed by atoms with Crippen LogP contribution in [0.4, 0.5) is 0 Å².